The van der Waals surface area contributed by atoms with Gasteiger partial charge in [-0.2, -0.15) is 4.98 Å². The molecule has 0 spiro atoms. The first-order chi connectivity index (χ1) is 9.70. The van der Waals surface area contributed by atoms with Crippen LogP contribution in [0.4, 0.5) is 0 Å². The molecule has 0 unspecified atom stereocenters. The molecule has 1 fully saturated rings. The van der Waals surface area contributed by atoms with Gasteiger partial charge in [0.1, 0.15) is 6.10 Å². The summed E-state index contributed by atoms with van der Waals surface area (Å²) in [4.78, 5) is 10.9. The summed E-state index contributed by atoms with van der Waals surface area (Å²) < 4.78 is 11.1. The van der Waals surface area contributed by atoms with Crippen molar-refractivity contribution in [3.63, 3.8) is 0 Å². The summed E-state index contributed by atoms with van der Waals surface area (Å²) in [5.74, 6) is 1.19. The highest BCUT2D eigenvalue weighted by atomic mass is 16.5. The second-order valence-corrected chi connectivity index (χ2v) is 5.13. The minimum absolute atomic E-state index is 0.129. The SMILES string of the molecule is Cc1noc([C@H]2CN(Cc3ccccn3)C[C@@H](C)O2)n1. The Kier molecular flexibility index (Phi) is 3.75. The Morgan fingerprint density at radius 1 is 1.35 bits per heavy atom. The number of aromatic nitrogens is 3. The van der Waals surface area contributed by atoms with E-state index < -0.39 is 0 Å². The molecular formula is C14H18N4O2. The predicted octanol–water partition coefficient (Wildman–Crippen LogP) is 1.74. The van der Waals surface area contributed by atoms with Crippen LogP contribution in [0.5, 0.6) is 0 Å². The van der Waals surface area contributed by atoms with Gasteiger partial charge in [-0.15, -0.1) is 0 Å². The van der Waals surface area contributed by atoms with Gasteiger partial charge < -0.3 is 9.26 Å². The molecule has 0 aromatic carbocycles. The van der Waals surface area contributed by atoms with Crippen molar-refractivity contribution >= 4 is 0 Å². The first kappa shape index (κ1) is 13.2. The molecule has 1 aliphatic rings. The van der Waals surface area contributed by atoms with Crippen LogP contribution in [0.1, 0.15) is 30.4 Å². The highest BCUT2D eigenvalue weighted by molar-refractivity contribution is 5.04. The zero-order chi connectivity index (χ0) is 13.9. The van der Waals surface area contributed by atoms with Crippen LogP contribution in [-0.2, 0) is 11.3 Å². The minimum atomic E-state index is -0.163. The van der Waals surface area contributed by atoms with E-state index >= 15 is 0 Å². The Balaban J connectivity index is 1.70. The van der Waals surface area contributed by atoms with Crippen LogP contribution in [0, 0.1) is 6.92 Å². The maximum Gasteiger partial charge on any atom is 0.257 e. The molecule has 1 aliphatic heterocycles. The van der Waals surface area contributed by atoms with E-state index in [1.807, 2.05) is 31.3 Å². The van der Waals surface area contributed by atoms with Crippen molar-refractivity contribution in [2.24, 2.45) is 0 Å². The quantitative estimate of drug-likeness (QED) is 0.849. The molecule has 0 radical (unpaired) electrons. The van der Waals surface area contributed by atoms with Crippen molar-refractivity contribution in [1.29, 1.82) is 0 Å². The van der Waals surface area contributed by atoms with Gasteiger partial charge in [0.25, 0.3) is 5.89 Å². The van der Waals surface area contributed by atoms with Gasteiger partial charge in [0.2, 0.25) is 0 Å². The molecule has 20 heavy (non-hydrogen) atoms. The molecule has 3 heterocycles. The van der Waals surface area contributed by atoms with E-state index in [1.54, 1.807) is 0 Å². The summed E-state index contributed by atoms with van der Waals surface area (Å²) >= 11 is 0. The zero-order valence-electron chi connectivity index (χ0n) is 11.7. The molecule has 6 heteroatoms. The fourth-order valence-corrected chi connectivity index (χ4v) is 2.47. The summed E-state index contributed by atoms with van der Waals surface area (Å²) in [6.07, 6.45) is 1.78. The maximum absolute atomic E-state index is 5.90. The van der Waals surface area contributed by atoms with Crippen LogP contribution in [0.2, 0.25) is 0 Å². The molecule has 3 rings (SSSR count). The topological polar surface area (TPSA) is 64.3 Å². The lowest BCUT2D eigenvalue weighted by Crippen LogP contribution is -2.42. The van der Waals surface area contributed by atoms with Crippen molar-refractivity contribution < 1.29 is 9.26 Å². The molecule has 2 aromatic heterocycles. The third-order valence-corrected chi connectivity index (χ3v) is 3.27. The lowest BCUT2D eigenvalue weighted by molar-refractivity contribution is -0.0933. The van der Waals surface area contributed by atoms with Crippen LogP contribution in [0.3, 0.4) is 0 Å². The number of aryl methyl sites for hydroxylation is 1. The zero-order valence-corrected chi connectivity index (χ0v) is 11.7. The highest BCUT2D eigenvalue weighted by Crippen LogP contribution is 2.24. The molecular weight excluding hydrogens is 256 g/mol. The Morgan fingerprint density at radius 2 is 2.25 bits per heavy atom. The van der Waals surface area contributed by atoms with Crippen LogP contribution >= 0.6 is 0 Å². The first-order valence-corrected chi connectivity index (χ1v) is 6.78. The van der Waals surface area contributed by atoms with Crippen molar-refractivity contribution in [2.45, 2.75) is 32.6 Å². The van der Waals surface area contributed by atoms with E-state index in [-0.39, 0.29) is 12.2 Å². The van der Waals surface area contributed by atoms with Crippen LogP contribution in [0.25, 0.3) is 0 Å². The van der Waals surface area contributed by atoms with E-state index in [9.17, 15) is 0 Å². The smallest absolute Gasteiger partial charge is 0.257 e. The fraction of sp³-hybridized carbons (Fsp3) is 0.500. The predicted molar refractivity (Wildman–Crippen MR) is 71.8 cm³/mol. The van der Waals surface area contributed by atoms with Crippen LogP contribution in [0.15, 0.2) is 28.9 Å². The number of morpholine rings is 1. The molecule has 0 saturated carbocycles. The Bertz CT molecular complexity index is 557. The van der Waals surface area contributed by atoms with Gasteiger partial charge >= 0.3 is 0 Å². The molecule has 106 valence electrons. The Labute approximate surface area is 117 Å². The molecule has 2 atom stereocenters. The lowest BCUT2D eigenvalue weighted by atomic mass is 10.2. The van der Waals surface area contributed by atoms with Crippen LogP contribution < -0.4 is 0 Å². The number of hydrogen-bond acceptors (Lipinski definition) is 6. The lowest BCUT2D eigenvalue weighted by Gasteiger charge is -2.34. The largest absolute Gasteiger partial charge is 0.363 e. The van der Waals surface area contributed by atoms with Crippen molar-refractivity contribution in [3.05, 3.63) is 41.8 Å². The number of ether oxygens (including phenoxy) is 1. The average molecular weight is 274 g/mol. The molecule has 2 aromatic rings. The molecule has 6 nitrogen and oxygen atoms in total. The van der Waals surface area contributed by atoms with Gasteiger partial charge in [-0.25, -0.2) is 0 Å². The van der Waals surface area contributed by atoms with Gasteiger partial charge in [-0.05, 0) is 26.0 Å². The van der Waals surface area contributed by atoms with Crippen molar-refractivity contribution in [1.82, 2.24) is 20.0 Å². The van der Waals surface area contributed by atoms with Gasteiger partial charge in [0, 0.05) is 25.8 Å². The second kappa shape index (κ2) is 5.68. The molecule has 1 saturated heterocycles. The molecule has 0 aliphatic carbocycles. The minimum Gasteiger partial charge on any atom is -0.363 e. The Morgan fingerprint density at radius 3 is 2.95 bits per heavy atom. The van der Waals surface area contributed by atoms with Crippen molar-refractivity contribution in [3.8, 4) is 0 Å². The van der Waals surface area contributed by atoms with Gasteiger partial charge in [-0.3, -0.25) is 9.88 Å². The summed E-state index contributed by atoms with van der Waals surface area (Å²) in [6, 6.07) is 5.96. The van der Waals surface area contributed by atoms with E-state index in [0.717, 1.165) is 25.3 Å². The number of rotatable bonds is 3. The normalized spacial score (nSPS) is 23.9. The monoisotopic (exact) mass is 274 g/mol. The van der Waals surface area contributed by atoms with E-state index in [4.69, 9.17) is 9.26 Å². The van der Waals surface area contributed by atoms with E-state index in [0.29, 0.717) is 11.7 Å². The number of hydrogen-bond donors (Lipinski definition) is 0. The van der Waals surface area contributed by atoms with E-state index in [2.05, 4.69) is 26.9 Å². The molecule has 0 amide bonds. The second-order valence-electron chi connectivity index (χ2n) is 5.13. The maximum atomic E-state index is 5.90. The summed E-state index contributed by atoms with van der Waals surface area (Å²) in [7, 11) is 0. The fourth-order valence-electron chi connectivity index (χ4n) is 2.47. The standard InChI is InChI=1S/C14H18N4O2/c1-10-7-18(8-12-5-3-4-6-15-12)9-13(19-10)14-16-11(2)17-20-14/h3-6,10,13H,7-9H2,1-2H3/t10-,13-/m1/s1. The third-order valence-electron chi connectivity index (χ3n) is 3.27. The number of nitrogens with zero attached hydrogens (tertiary/aromatic N) is 4. The molecule has 0 N–H and O–H groups in total. The Hall–Kier alpha value is -1.79. The van der Waals surface area contributed by atoms with Crippen LogP contribution in [-0.4, -0.2) is 39.2 Å². The first-order valence-electron chi connectivity index (χ1n) is 6.78. The third kappa shape index (κ3) is 3.02. The van der Waals surface area contributed by atoms with E-state index in [1.165, 1.54) is 0 Å². The number of pyridine rings is 1. The van der Waals surface area contributed by atoms with Gasteiger partial charge in [0.15, 0.2) is 5.82 Å². The van der Waals surface area contributed by atoms with Gasteiger partial charge in [-0.1, -0.05) is 11.2 Å². The summed E-state index contributed by atoms with van der Waals surface area (Å²) in [6.45, 7) is 6.28. The average Bonchev–Trinajstić information content (AvgIpc) is 2.86. The summed E-state index contributed by atoms with van der Waals surface area (Å²) in [5, 5.41) is 3.83. The van der Waals surface area contributed by atoms with Gasteiger partial charge in [0.05, 0.1) is 11.8 Å². The summed E-state index contributed by atoms with van der Waals surface area (Å²) in [5.41, 5.74) is 1.06. The highest BCUT2D eigenvalue weighted by Gasteiger charge is 2.30. The van der Waals surface area contributed by atoms with Crippen molar-refractivity contribution in [2.75, 3.05) is 13.1 Å². The molecule has 0 bridgehead atoms.